The molecular weight excluding hydrogens is 430 g/mol. The van der Waals surface area contributed by atoms with Gasteiger partial charge in [0.1, 0.15) is 0 Å². The fourth-order valence-corrected chi connectivity index (χ4v) is 4.75. The Morgan fingerprint density at radius 1 is 1.09 bits per heavy atom. The zero-order chi connectivity index (χ0) is 22.9. The quantitative estimate of drug-likeness (QED) is 0.478. The van der Waals surface area contributed by atoms with E-state index in [0.717, 1.165) is 74.8 Å². The molecule has 0 spiro atoms. The maximum atomic E-state index is 4.79. The summed E-state index contributed by atoms with van der Waals surface area (Å²) in [4.78, 5) is 20.9. The third-order valence-electron chi connectivity index (χ3n) is 6.53. The molecule has 4 aromatic rings. The largest absolute Gasteiger partial charge is 0.340 e. The van der Waals surface area contributed by atoms with E-state index >= 15 is 0 Å². The number of nitrogens with one attached hydrogen (secondary N) is 1. The minimum Gasteiger partial charge on any atom is -0.340 e. The maximum absolute atomic E-state index is 4.79. The highest BCUT2D eigenvalue weighted by Crippen LogP contribution is 2.25. The molecule has 4 aromatic heterocycles. The molecule has 2 aliphatic rings. The third kappa shape index (κ3) is 4.14. The van der Waals surface area contributed by atoms with Crippen LogP contribution in [0.3, 0.4) is 0 Å². The Balaban J connectivity index is 1.18. The Morgan fingerprint density at radius 3 is 2.79 bits per heavy atom. The summed E-state index contributed by atoms with van der Waals surface area (Å²) in [7, 11) is 1.89. The first-order valence-corrected chi connectivity index (χ1v) is 11.8. The zero-order valence-electron chi connectivity index (χ0n) is 19.2. The number of hydrogen-bond donors (Lipinski definition) is 1. The van der Waals surface area contributed by atoms with Crippen LogP contribution in [0.1, 0.15) is 24.8 Å². The Bertz CT molecular complexity index is 1320. The van der Waals surface area contributed by atoms with Crippen molar-refractivity contribution in [3.05, 3.63) is 42.6 Å². The first-order chi connectivity index (χ1) is 16.7. The Morgan fingerprint density at radius 2 is 2.00 bits per heavy atom. The first kappa shape index (κ1) is 20.8. The first-order valence-electron chi connectivity index (χ1n) is 11.8. The number of anilines is 1. The van der Waals surface area contributed by atoms with Gasteiger partial charge in [0.05, 0.1) is 18.1 Å². The van der Waals surface area contributed by atoms with Gasteiger partial charge < -0.3 is 10.2 Å². The highest BCUT2D eigenvalue weighted by Gasteiger charge is 2.24. The van der Waals surface area contributed by atoms with Gasteiger partial charge in [0.2, 0.25) is 11.6 Å². The minimum absolute atomic E-state index is 0.401. The highest BCUT2D eigenvalue weighted by atomic mass is 15.5. The standard InChI is InChI=1S/C23H27N11/c1-32-15-19(11-28-32)20-12-25-21-22(29-20)34(31-30-21)14-16-3-2-8-33(13-16)23-26-9-18(10-27-23)17-4-6-24-7-5-17/h4,9-12,15-16,24H,2-3,5-8,13-14H2,1H3/t16-/m1/s1. The van der Waals surface area contributed by atoms with Gasteiger partial charge in [-0.1, -0.05) is 11.3 Å². The average Bonchev–Trinajstić information content (AvgIpc) is 3.51. The second kappa shape index (κ2) is 8.90. The number of aromatic nitrogens is 9. The van der Waals surface area contributed by atoms with Crippen molar-refractivity contribution in [3.8, 4) is 11.3 Å². The van der Waals surface area contributed by atoms with Crippen LogP contribution >= 0.6 is 0 Å². The van der Waals surface area contributed by atoms with Crippen LogP contribution in [0.15, 0.2) is 37.1 Å². The molecule has 11 nitrogen and oxygen atoms in total. The van der Waals surface area contributed by atoms with Crippen molar-refractivity contribution in [1.82, 2.24) is 50.0 Å². The molecule has 1 atom stereocenters. The summed E-state index contributed by atoms with van der Waals surface area (Å²) in [5.41, 5.74) is 5.41. The van der Waals surface area contributed by atoms with Gasteiger partial charge in [-0.3, -0.25) is 4.68 Å². The summed E-state index contributed by atoms with van der Waals surface area (Å²) in [6.07, 6.45) is 14.8. The summed E-state index contributed by atoms with van der Waals surface area (Å²) < 4.78 is 3.63. The van der Waals surface area contributed by atoms with E-state index in [1.807, 2.05) is 30.3 Å². The van der Waals surface area contributed by atoms with E-state index in [0.29, 0.717) is 17.2 Å². The van der Waals surface area contributed by atoms with Crippen LogP contribution < -0.4 is 10.2 Å². The Labute approximate surface area is 196 Å². The minimum atomic E-state index is 0.401. The Hall–Kier alpha value is -3.73. The third-order valence-corrected chi connectivity index (χ3v) is 6.53. The number of fused-ring (bicyclic) bond motifs is 1. The monoisotopic (exact) mass is 457 g/mol. The molecule has 6 rings (SSSR count). The van der Waals surface area contributed by atoms with E-state index in [4.69, 9.17) is 15.0 Å². The van der Waals surface area contributed by atoms with Gasteiger partial charge in [-0.25, -0.2) is 24.6 Å². The molecule has 1 saturated heterocycles. The van der Waals surface area contributed by atoms with Crippen molar-refractivity contribution in [3.63, 3.8) is 0 Å². The van der Waals surface area contributed by atoms with Gasteiger partial charge in [0, 0.05) is 62.9 Å². The predicted molar refractivity (Wildman–Crippen MR) is 128 cm³/mol. The van der Waals surface area contributed by atoms with E-state index in [1.54, 1.807) is 17.1 Å². The smallest absolute Gasteiger partial charge is 0.225 e. The lowest BCUT2D eigenvalue weighted by molar-refractivity contribution is 0.350. The molecule has 0 bridgehead atoms. The van der Waals surface area contributed by atoms with Crippen LogP contribution in [-0.2, 0) is 13.6 Å². The SMILES string of the molecule is Cn1cc(-c2cnc3nnn(C[C@@H]4CCCN(c5ncc(C6=CCNCC6)cn5)C4)c3n2)cn1. The molecule has 0 saturated carbocycles. The van der Waals surface area contributed by atoms with Crippen molar-refractivity contribution in [2.24, 2.45) is 13.0 Å². The lowest BCUT2D eigenvalue weighted by Gasteiger charge is -2.32. The number of hydrogen-bond acceptors (Lipinski definition) is 9. The summed E-state index contributed by atoms with van der Waals surface area (Å²) in [6, 6.07) is 0. The molecule has 1 N–H and O–H groups in total. The molecule has 2 aliphatic heterocycles. The van der Waals surface area contributed by atoms with Gasteiger partial charge in [0.15, 0.2) is 5.65 Å². The highest BCUT2D eigenvalue weighted by molar-refractivity contribution is 5.69. The van der Waals surface area contributed by atoms with E-state index < -0.39 is 0 Å². The Kier molecular flexibility index (Phi) is 5.46. The summed E-state index contributed by atoms with van der Waals surface area (Å²) in [5, 5.41) is 16.2. The molecule has 0 amide bonds. The van der Waals surface area contributed by atoms with Crippen LogP contribution in [0, 0.1) is 5.92 Å². The zero-order valence-corrected chi connectivity index (χ0v) is 19.2. The number of nitrogens with zero attached hydrogens (tertiary/aromatic N) is 10. The second-order valence-corrected chi connectivity index (χ2v) is 8.99. The van der Waals surface area contributed by atoms with E-state index in [1.165, 1.54) is 5.57 Å². The molecule has 1 fully saturated rings. The molecule has 0 radical (unpaired) electrons. The van der Waals surface area contributed by atoms with Crippen molar-refractivity contribution < 1.29 is 0 Å². The second-order valence-electron chi connectivity index (χ2n) is 8.99. The van der Waals surface area contributed by atoms with Crippen molar-refractivity contribution in [2.45, 2.75) is 25.8 Å². The summed E-state index contributed by atoms with van der Waals surface area (Å²) >= 11 is 0. The molecule has 174 valence electrons. The van der Waals surface area contributed by atoms with Crippen molar-refractivity contribution in [2.75, 3.05) is 31.1 Å². The lowest BCUT2D eigenvalue weighted by Crippen LogP contribution is -2.38. The summed E-state index contributed by atoms with van der Waals surface area (Å²) in [6.45, 7) is 4.49. The van der Waals surface area contributed by atoms with E-state index in [-0.39, 0.29) is 0 Å². The van der Waals surface area contributed by atoms with Crippen LogP contribution in [0.2, 0.25) is 0 Å². The van der Waals surface area contributed by atoms with Gasteiger partial charge >= 0.3 is 0 Å². The fraction of sp³-hybridized carbons (Fsp3) is 0.435. The maximum Gasteiger partial charge on any atom is 0.225 e. The van der Waals surface area contributed by atoms with Crippen LogP contribution in [0.25, 0.3) is 28.1 Å². The van der Waals surface area contributed by atoms with Crippen LogP contribution in [0.4, 0.5) is 5.95 Å². The molecule has 34 heavy (non-hydrogen) atoms. The van der Waals surface area contributed by atoms with E-state index in [9.17, 15) is 0 Å². The van der Waals surface area contributed by atoms with Crippen LogP contribution in [0.5, 0.6) is 0 Å². The van der Waals surface area contributed by atoms with E-state index in [2.05, 4.69) is 36.7 Å². The van der Waals surface area contributed by atoms with Crippen LogP contribution in [-0.4, -0.2) is 70.9 Å². The topological polar surface area (TPSA) is 115 Å². The lowest BCUT2D eigenvalue weighted by atomic mass is 9.98. The number of aryl methyl sites for hydroxylation is 1. The molecule has 0 unspecified atom stereocenters. The number of rotatable bonds is 5. The molecule has 0 aliphatic carbocycles. The predicted octanol–water partition coefficient (Wildman–Crippen LogP) is 1.71. The van der Waals surface area contributed by atoms with Gasteiger partial charge in [0.25, 0.3) is 0 Å². The van der Waals surface area contributed by atoms with Crippen molar-refractivity contribution >= 4 is 22.8 Å². The van der Waals surface area contributed by atoms with Gasteiger partial charge in [-0.05, 0) is 37.3 Å². The van der Waals surface area contributed by atoms with Gasteiger partial charge in [-0.15, -0.1) is 5.10 Å². The van der Waals surface area contributed by atoms with Gasteiger partial charge in [-0.2, -0.15) is 5.10 Å². The number of piperidine rings is 1. The fourth-order valence-electron chi connectivity index (χ4n) is 4.75. The molecule has 11 heteroatoms. The average molecular weight is 458 g/mol. The molecule has 6 heterocycles. The van der Waals surface area contributed by atoms with Crippen molar-refractivity contribution in [1.29, 1.82) is 0 Å². The molecule has 0 aromatic carbocycles. The normalized spacial score (nSPS) is 18.9. The molecular formula is C23H27N11. The summed E-state index contributed by atoms with van der Waals surface area (Å²) in [5.74, 6) is 1.20.